The van der Waals surface area contributed by atoms with Crippen molar-refractivity contribution >= 4 is 28.9 Å². The van der Waals surface area contributed by atoms with E-state index in [2.05, 4.69) is 0 Å². The predicted molar refractivity (Wildman–Crippen MR) is 89.0 cm³/mol. The minimum atomic E-state index is -0.979. The highest BCUT2D eigenvalue weighted by atomic mass is 35.5. The molecule has 3 rings (SSSR count). The largest absolute Gasteiger partial charge is 0.481 e. The molecule has 2 heterocycles. The molecule has 5 heteroatoms. The number of hydrogen-bond acceptors (Lipinski definition) is 2. The molecule has 0 aliphatic heterocycles. The van der Waals surface area contributed by atoms with E-state index in [0.29, 0.717) is 10.7 Å². The van der Waals surface area contributed by atoms with Crippen molar-refractivity contribution in [3.63, 3.8) is 0 Å². The van der Waals surface area contributed by atoms with Crippen molar-refractivity contribution in [1.82, 2.24) is 4.40 Å². The van der Waals surface area contributed by atoms with Crippen LogP contribution in [-0.2, 0) is 4.79 Å². The van der Waals surface area contributed by atoms with Crippen molar-refractivity contribution in [2.75, 3.05) is 0 Å². The van der Waals surface area contributed by atoms with Gasteiger partial charge in [0.2, 0.25) is 0 Å². The first-order valence-electron chi connectivity index (χ1n) is 7.17. The summed E-state index contributed by atoms with van der Waals surface area (Å²) in [6.45, 7) is 0. The second-order valence-corrected chi connectivity index (χ2v) is 5.66. The minimum Gasteiger partial charge on any atom is -0.481 e. The number of carbonyl (C=O) groups is 2. The Hall–Kier alpha value is -2.59. The lowest BCUT2D eigenvalue weighted by molar-refractivity contribution is -0.136. The number of halogens is 1. The fourth-order valence-corrected chi connectivity index (χ4v) is 2.72. The number of carboxylic acid groups (broad SMARTS) is 1. The molecule has 3 aromatic rings. The lowest BCUT2D eigenvalue weighted by Gasteiger charge is -2.06. The van der Waals surface area contributed by atoms with Crippen LogP contribution in [-0.4, -0.2) is 21.3 Å². The van der Waals surface area contributed by atoms with Crippen molar-refractivity contribution in [3.05, 3.63) is 65.4 Å². The van der Waals surface area contributed by atoms with E-state index in [0.717, 1.165) is 16.6 Å². The van der Waals surface area contributed by atoms with E-state index in [-0.39, 0.29) is 18.6 Å². The summed E-state index contributed by atoms with van der Waals surface area (Å²) in [5.41, 5.74) is 3.04. The van der Waals surface area contributed by atoms with Crippen LogP contribution < -0.4 is 0 Å². The maximum atomic E-state index is 12.6. The molecule has 1 N–H and O–H groups in total. The summed E-state index contributed by atoms with van der Waals surface area (Å²) in [5.74, 6) is -1.17. The first-order valence-corrected chi connectivity index (χ1v) is 7.55. The highest BCUT2D eigenvalue weighted by Gasteiger charge is 2.19. The number of carboxylic acids is 1. The van der Waals surface area contributed by atoms with Crippen LogP contribution >= 0.6 is 11.6 Å². The Morgan fingerprint density at radius 1 is 1.04 bits per heavy atom. The Bertz CT molecular complexity index is 881. The lowest BCUT2D eigenvalue weighted by atomic mass is 10.0. The summed E-state index contributed by atoms with van der Waals surface area (Å²) in [7, 11) is 0. The predicted octanol–water partition coefficient (Wildman–Crippen LogP) is 4.31. The van der Waals surface area contributed by atoms with Gasteiger partial charge in [0.05, 0.1) is 12.1 Å². The molecule has 2 aromatic heterocycles. The van der Waals surface area contributed by atoms with E-state index < -0.39 is 5.97 Å². The third kappa shape index (κ3) is 3.12. The zero-order valence-corrected chi connectivity index (χ0v) is 13.0. The monoisotopic (exact) mass is 327 g/mol. The molecule has 1 aromatic carbocycles. The Balaban J connectivity index is 2.13. The highest BCUT2D eigenvalue weighted by molar-refractivity contribution is 6.30. The molecule has 0 spiro atoms. The number of benzene rings is 1. The molecule has 0 aliphatic carbocycles. The molecule has 0 amide bonds. The Morgan fingerprint density at radius 3 is 2.48 bits per heavy atom. The summed E-state index contributed by atoms with van der Waals surface area (Å²) in [5, 5.41) is 9.44. The fourth-order valence-electron chi connectivity index (χ4n) is 2.60. The summed E-state index contributed by atoms with van der Waals surface area (Å²) in [4.78, 5) is 23.3. The molecule has 0 aliphatic rings. The van der Waals surface area contributed by atoms with Crippen molar-refractivity contribution < 1.29 is 14.7 Å². The Morgan fingerprint density at radius 2 is 1.78 bits per heavy atom. The van der Waals surface area contributed by atoms with Crippen molar-refractivity contribution in [1.29, 1.82) is 0 Å². The van der Waals surface area contributed by atoms with E-state index in [9.17, 15) is 9.59 Å². The van der Waals surface area contributed by atoms with Crippen molar-refractivity contribution in [2.24, 2.45) is 0 Å². The van der Waals surface area contributed by atoms with E-state index in [1.807, 2.05) is 42.6 Å². The van der Waals surface area contributed by atoms with Gasteiger partial charge in [-0.25, -0.2) is 0 Å². The van der Waals surface area contributed by atoms with Crippen LogP contribution in [0.4, 0.5) is 0 Å². The molecular weight excluding hydrogens is 314 g/mol. The first kappa shape index (κ1) is 15.3. The molecule has 0 saturated carbocycles. The Kier molecular flexibility index (Phi) is 4.17. The fraction of sp³-hybridized carbons (Fsp3) is 0.111. The number of carbonyl (C=O) groups excluding carboxylic acids is 1. The second-order valence-electron chi connectivity index (χ2n) is 5.23. The van der Waals surface area contributed by atoms with Gasteiger partial charge in [0, 0.05) is 28.7 Å². The summed E-state index contributed by atoms with van der Waals surface area (Å²) in [6, 6.07) is 14.8. The smallest absolute Gasteiger partial charge is 0.303 e. The molecule has 0 atom stereocenters. The third-order valence-corrected chi connectivity index (χ3v) is 3.92. The van der Waals surface area contributed by atoms with E-state index >= 15 is 0 Å². The molecule has 0 bridgehead atoms. The zero-order valence-electron chi connectivity index (χ0n) is 12.2. The SMILES string of the molecule is O=C(O)CCC(=O)c1c(-c2ccc(Cl)cc2)cc2ccccn12. The van der Waals surface area contributed by atoms with Crippen LogP contribution in [0.15, 0.2) is 54.7 Å². The number of ketones is 1. The number of rotatable bonds is 5. The third-order valence-electron chi connectivity index (χ3n) is 3.66. The van der Waals surface area contributed by atoms with Gasteiger partial charge >= 0.3 is 5.97 Å². The van der Waals surface area contributed by atoms with Crippen molar-refractivity contribution in [3.8, 4) is 11.1 Å². The standard InChI is InChI=1S/C18H14ClNO3/c19-13-6-4-12(5-7-13)15-11-14-3-1-2-10-20(14)18(15)16(21)8-9-17(22)23/h1-7,10-11H,8-9H2,(H,22,23). The molecular formula is C18H14ClNO3. The van der Waals surface area contributed by atoms with Gasteiger partial charge in [-0.2, -0.15) is 0 Å². The number of pyridine rings is 1. The van der Waals surface area contributed by atoms with Gasteiger partial charge < -0.3 is 9.51 Å². The first-order chi connectivity index (χ1) is 11.1. The van der Waals surface area contributed by atoms with E-state index in [1.165, 1.54) is 0 Å². The molecule has 4 nitrogen and oxygen atoms in total. The van der Waals surface area contributed by atoms with Crippen LogP contribution in [0.2, 0.25) is 5.02 Å². The number of hydrogen-bond donors (Lipinski definition) is 1. The van der Waals surface area contributed by atoms with Crippen LogP contribution in [0.1, 0.15) is 23.3 Å². The topological polar surface area (TPSA) is 58.8 Å². The average Bonchev–Trinajstić information content (AvgIpc) is 2.92. The van der Waals surface area contributed by atoms with Gasteiger partial charge in [-0.15, -0.1) is 0 Å². The molecule has 0 unspecified atom stereocenters. The minimum absolute atomic E-state index is 0.0308. The highest BCUT2D eigenvalue weighted by Crippen LogP contribution is 2.30. The number of fused-ring (bicyclic) bond motifs is 1. The number of aromatic nitrogens is 1. The molecule has 0 radical (unpaired) electrons. The van der Waals surface area contributed by atoms with Gasteiger partial charge in [-0.1, -0.05) is 29.8 Å². The molecule has 0 fully saturated rings. The van der Waals surface area contributed by atoms with Crippen LogP contribution in [0.3, 0.4) is 0 Å². The van der Waals surface area contributed by atoms with Crippen LogP contribution in [0.25, 0.3) is 16.6 Å². The van der Waals surface area contributed by atoms with Crippen LogP contribution in [0.5, 0.6) is 0 Å². The number of aliphatic carboxylic acids is 1. The van der Waals surface area contributed by atoms with Gasteiger partial charge in [0.15, 0.2) is 5.78 Å². The Labute approximate surface area is 137 Å². The maximum Gasteiger partial charge on any atom is 0.303 e. The second kappa shape index (κ2) is 6.26. The zero-order chi connectivity index (χ0) is 16.4. The lowest BCUT2D eigenvalue weighted by Crippen LogP contribution is -2.07. The van der Waals surface area contributed by atoms with Gasteiger partial charge in [-0.3, -0.25) is 9.59 Å². The maximum absolute atomic E-state index is 12.6. The van der Waals surface area contributed by atoms with Crippen molar-refractivity contribution in [2.45, 2.75) is 12.8 Å². The summed E-state index contributed by atoms with van der Waals surface area (Å²) in [6.07, 6.45) is 1.60. The normalized spacial score (nSPS) is 10.8. The van der Waals surface area contributed by atoms with Gasteiger partial charge in [-0.05, 0) is 35.9 Å². The van der Waals surface area contributed by atoms with E-state index in [4.69, 9.17) is 16.7 Å². The van der Waals surface area contributed by atoms with Gasteiger partial charge in [0.1, 0.15) is 0 Å². The number of Topliss-reactive ketones (excluding diaryl/α,β-unsaturated/α-hetero) is 1. The molecule has 23 heavy (non-hydrogen) atoms. The van der Waals surface area contributed by atoms with Gasteiger partial charge in [0.25, 0.3) is 0 Å². The molecule has 116 valence electrons. The average molecular weight is 328 g/mol. The van der Waals surface area contributed by atoms with Crippen LogP contribution in [0, 0.1) is 0 Å². The molecule has 0 saturated heterocycles. The quantitative estimate of drug-likeness (QED) is 0.710. The summed E-state index contributed by atoms with van der Waals surface area (Å²) < 4.78 is 1.80. The summed E-state index contributed by atoms with van der Waals surface area (Å²) >= 11 is 5.93. The van der Waals surface area contributed by atoms with E-state index in [1.54, 1.807) is 16.5 Å². The number of nitrogens with zero attached hydrogens (tertiary/aromatic N) is 1.